The van der Waals surface area contributed by atoms with Crippen LogP contribution in [0.5, 0.6) is 5.75 Å². The summed E-state index contributed by atoms with van der Waals surface area (Å²) in [6.07, 6.45) is 0.736. The van der Waals surface area contributed by atoms with Crippen molar-refractivity contribution in [2.75, 3.05) is 0 Å². The van der Waals surface area contributed by atoms with Crippen LogP contribution in [0.15, 0.2) is 24.3 Å². The average molecular weight is 213 g/mol. The summed E-state index contributed by atoms with van der Waals surface area (Å²) >= 11 is 0. The number of carbonyl (C=O) groups excluding carboxylic acids is 1. The minimum absolute atomic E-state index is 0. The minimum Gasteiger partial charge on any atom is -0.508 e. The molecule has 1 N–H and O–H groups in total. The van der Waals surface area contributed by atoms with Gasteiger partial charge in [-0.25, -0.2) is 0 Å². The van der Waals surface area contributed by atoms with Gasteiger partial charge in [0.1, 0.15) is 12.0 Å². The summed E-state index contributed by atoms with van der Waals surface area (Å²) in [4.78, 5) is 10.0. The number of phenols is 1. The van der Waals surface area contributed by atoms with E-state index in [1.807, 2.05) is 0 Å². The van der Waals surface area contributed by atoms with Crippen molar-refractivity contribution in [2.45, 2.75) is 0 Å². The second kappa shape index (κ2) is 4.40. The fourth-order valence-corrected chi connectivity index (χ4v) is 0.553. The van der Waals surface area contributed by atoms with Crippen LogP contribution < -0.4 is 0 Å². The SMILES string of the molecule is O=Cc1ccc(O)cc1.[Zr]. The molecule has 0 bridgehead atoms. The Kier molecular flexibility index (Phi) is 4.21. The van der Waals surface area contributed by atoms with Crippen molar-refractivity contribution in [2.24, 2.45) is 0 Å². The average Bonchev–Trinajstić information content (AvgIpc) is 1.90. The van der Waals surface area contributed by atoms with E-state index in [1.165, 1.54) is 12.1 Å². The number of rotatable bonds is 1. The van der Waals surface area contributed by atoms with E-state index in [0.29, 0.717) is 5.56 Å². The topological polar surface area (TPSA) is 37.3 Å². The molecule has 0 fully saturated rings. The summed E-state index contributed by atoms with van der Waals surface area (Å²) in [6.45, 7) is 0. The van der Waals surface area contributed by atoms with Gasteiger partial charge in [0.25, 0.3) is 0 Å². The van der Waals surface area contributed by atoms with E-state index in [2.05, 4.69) is 0 Å². The van der Waals surface area contributed by atoms with Crippen molar-refractivity contribution in [1.29, 1.82) is 0 Å². The predicted octanol–water partition coefficient (Wildman–Crippen LogP) is 1.20. The Hall–Kier alpha value is -0.427. The largest absolute Gasteiger partial charge is 0.508 e. The molecule has 0 unspecified atom stereocenters. The van der Waals surface area contributed by atoms with Crippen LogP contribution in [0.2, 0.25) is 0 Å². The first-order valence-corrected chi connectivity index (χ1v) is 2.57. The van der Waals surface area contributed by atoms with E-state index in [1.54, 1.807) is 12.1 Å². The number of aromatic hydroxyl groups is 1. The van der Waals surface area contributed by atoms with Gasteiger partial charge in [-0.15, -0.1) is 0 Å². The summed E-state index contributed by atoms with van der Waals surface area (Å²) in [5, 5.41) is 8.74. The predicted molar refractivity (Wildman–Crippen MR) is 33.5 cm³/mol. The number of hydrogen-bond donors (Lipinski definition) is 1. The van der Waals surface area contributed by atoms with Crippen LogP contribution in [0, 0.1) is 0 Å². The van der Waals surface area contributed by atoms with Gasteiger partial charge >= 0.3 is 0 Å². The molecule has 0 saturated heterocycles. The van der Waals surface area contributed by atoms with Gasteiger partial charge in [0.05, 0.1) is 0 Å². The van der Waals surface area contributed by atoms with Gasteiger partial charge in [0.15, 0.2) is 0 Å². The van der Waals surface area contributed by atoms with E-state index < -0.39 is 0 Å². The molecular formula is C7H6O2Zr. The molecule has 1 rings (SSSR count). The molecule has 0 aromatic heterocycles. The van der Waals surface area contributed by atoms with E-state index in [0.717, 1.165) is 6.29 Å². The molecule has 0 spiro atoms. The molecule has 0 heterocycles. The third kappa shape index (κ3) is 2.44. The van der Waals surface area contributed by atoms with Crippen molar-refractivity contribution >= 4 is 6.29 Å². The van der Waals surface area contributed by atoms with Gasteiger partial charge in [-0.3, -0.25) is 4.79 Å². The summed E-state index contributed by atoms with van der Waals surface area (Å²) < 4.78 is 0. The van der Waals surface area contributed by atoms with Gasteiger partial charge in [-0.2, -0.15) is 0 Å². The zero-order chi connectivity index (χ0) is 6.69. The van der Waals surface area contributed by atoms with Crippen LogP contribution >= 0.6 is 0 Å². The van der Waals surface area contributed by atoms with Gasteiger partial charge < -0.3 is 5.11 Å². The van der Waals surface area contributed by atoms with Gasteiger partial charge in [0.2, 0.25) is 0 Å². The second-order valence-electron chi connectivity index (χ2n) is 1.71. The number of phenolic OH excluding ortho intramolecular Hbond substituents is 1. The molecule has 0 amide bonds. The third-order valence-electron chi connectivity index (χ3n) is 1.03. The normalized spacial score (nSPS) is 8.00. The smallest absolute Gasteiger partial charge is 0.150 e. The van der Waals surface area contributed by atoms with Gasteiger partial charge in [0, 0.05) is 31.8 Å². The molecule has 0 aliphatic rings. The maximum absolute atomic E-state index is 10.0. The van der Waals surface area contributed by atoms with Crippen molar-refractivity contribution < 1.29 is 36.1 Å². The van der Waals surface area contributed by atoms with E-state index >= 15 is 0 Å². The number of aldehydes is 1. The van der Waals surface area contributed by atoms with Crippen molar-refractivity contribution in [3.05, 3.63) is 29.8 Å². The molecule has 0 aliphatic heterocycles. The molecule has 2 nitrogen and oxygen atoms in total. The molecule has 0 aliphatic carbocycles. The Morgan fingerprint density at radius 3 is 2.10 bits per heavy atom. The minimum atomic E-state index is 0. The molecule has 10 heavy (non-hydrogen) atoms. The first kappa shape index (κ1) is 9.57. The molecule has 0 atom stereocenters. The standard InChI is InChI=1S/C7H6O2.Zr/c8-5-6-1-3-7(9)4-2-6;/h1-5,9H;. The summed E-state index contributed by atoms with van der Waals surface area (Å²) in [5.41, 5.74) is 0.577. The Morgan fingerprint density at radius 2 is 1.70 bits per heavy atom. The molecule has 0 saturated carbocycles. The van der Waals surface area contributed by atoms with E-state index in [9.17, 15) is 4.79 Å². The fourth-order valence-electron chi connectivity index (χ4n) is 0.553. The number of benzene rings is 1. The summed E-state index contributed by atoms with van der Waals surface area (Å²) in [6, 6.07) is 6.07. The zero-order valence-corrected chi connectivity index (χ0v) is 7.70. The van der Waals surface area contributed by atoms with Crippen molar-refractivity contribution in [3.63, 3.8) is 0 Å². The molecule has 1 aromatic rings. The summed E-state index contributed by atoms with van der Waals surface area (Å²) in [5.74, 6) is 0.181. The van der Waals surface area contributed by atoms with Gasteiger partial charge in [-0.05, 0) is 24.3 Å². The Bertz CT molecular complexity index is 205. The molecule has 50 valence electrons. The Balaban J connectivity index is 0.000000810. The Labute approximate surface area is 78.0 Å². The van der Waals surface area contributed by atoms with Gasteiger partial charge in [-0.1, -0.05) is 0 Å². The first-order chi connectivity index (χ1) is 4.33. The van der Waals surface area contributed by atoms with Crippen LogP contribution in [0.4, 0.5) is 0 Å². The van der Waals surface area contributed by atoms with Crippen LogP contribution in [0.1, 0.15) is 10.4 Å². The molecule has 0 radical (unpaired) electrons. The molecule has 1 aromatic carbocycles. The van der Waals surface area contributed by atoms with Crippen LogP contribution in [-0.2, 0) is 26.2 Å². The quantitative estimate of drug-likeness (QED) is 0.712. The zero-order valence-electron chi connectivity index (χ0n) is 5.24. The first-order valence-electron chi connectivity index (χ1n) is 2.57. The maximum atomic E-state index is 10.0. The number of carbonyl (C=O) groups is 1. The second-order valence-corrected chi connectivity index (χ2v) is 1.71. The monoisotopic (exact) mass is 212 g/mol. The fraction of sp³-hybridized carbons (Fsp3) is 0. The Morgan fingerprint density at radius 1 is 1.20 bits per heavy atom. The van der Waals surface area contributed by atoms with Crippen molar-refractivity contribution in [1.82, 2.24) is 0 Å². The maximum Gasteiger partial charge on any atom is 0.150 e. The molecular weight excluding hydrogens is 207 g/mol. The molecule has 3 heteroatoms. The van der Waals surface area contributed by atoms with Crippen LogP contribution in [-0.4, -0.2) is 11.4 Å². The van der Waals surface area contributed by atoms with Crippen LogP contribution in [0.3, 0.4) is 0 Å². The van der Waals surface area contributed by atoms with Crippen molar-refractivity contribution in [3.8, 4) is 5.75 Å². The summed E-state index contributed by atoms with van der Waals surface area (Å²) in [7, 11) is 0. The van der Waals surface area contributed by atoms with E-state index in [-0.39, 0.29) is 32.0 Å². The van der Waals surface area contributed by atoms with E-state index in [4.69, 9.17) is 5.11 Å². The number of hydrogen-bond acceptors (Lipinski definition) is 2. The van der Waals surface area contributed by atoms with Crippen LogP contribution in [0.25, 0.3) is 0 Å². The third-order valence-corrected chi connectivity index (χ3v) is 1.03.